The van der Waals surface area contributed by atoms with E-state index in [9.17, 15) is 9.59 Å². The molecule has 3 heterocycles. The average Bonchev–Trinajstić information content (AvgIpc) is 3.21. The van der Waals surface area contributed by atoms with E-state index in [2.05, 4.69) is 9.47 Å². The van der Waals surface area contributed by atoms with Crippen LogP contribution in [-0.4, -0.2) is 11.6 Å². The highest BCUT2D eigenvalue weighted by Gasteiger charge is 2.22. The number of carbonyl (C=O) groups is 2. The molecular formula is C14H10O6. The fraction of sp³-hybridized carbons (Fsp3) is 0. The van der Waals surface area contributed by atoms with Gasteiger partial charge in [-0.3, -0.25) is 9.59 Å². The molecular weight excluding hydrogens is 264 g/mol. The molecule has 0 unspecified atom stereocenters. The number of ether oxygens (including phenoxy) is 2. The Balaban J connectivity index is 0.000000205. The standard InChI is InChI=1S/C10H6O4.C4H4O2/c11-9(7-3-1-5-13-7)10(12)8-4-2-6-14-8;1-2-6-4-3-5-1/h1-6H;1-4H. The lowest BCUT2D eigenvalue weighted by Gasteiger charge is -1.94. The smallest absolute Gasteiger partial charge is 0.271 e. The number of rotatable bonds is 3. The van der Waals surface area contributed by atoms with E-state index in [0.29, 0.717) is 0 Å². The van der Waals surface area contributed by atoms with Crippen LogP contribution >= 0.6 is 0 Å². The lowest BCUT2D eigenvalue weighted by atomic mass is 10.2. The Morgan fingerprint density at radius 2 is 1.10 bits per heavy atom. The summed E-state index contributed by atoms with van der Waals surface area (Å²) < 4.78 is 18.8. The predicted molar refractivity (Wildman–Crippen MR) is 66.5 cm³/mol. The molecule has 20 heavy (non-hydrogen) atoms. The van der Waals surface area contributed by atoms with Gasteiger partial charge in [-0.2, -0.15) is 0 Å². The van der Waals surface area contributed by atoms with E-state index < -0.39 is 11.6 Å². The first-order valence-corrected chi connectivity index (χ1v) is 5.56. The van der Waals surface area contributed by atoms with Gasteiger partial charge in [-0.15, -0.1) is 0 Å². The molecule has 0 spiro atoms. The van der Waals surface area contributed by atoms with Crippen molar-refractivity contribution in [2.45, 2.75) is 0 Å². The van der Waals surface area contributed by atoms with Gasteiger partial charge in [0.25, 0.3) is 11.6 Å². The maximum absolute atomic E-state index is 11.4. The highest BCUT2D eigenvalue weighted by atomic mass is 16.5. The normalized spacial score (nSPS) is 11.8. The van der Waals surface area contributed by atoms with E-state index in [1.54, 1.807) is 12.1 Å². The topological polar surface area (TPSA) is 78.9 Å². The zero-order valence-electron chi connectivity index (χ0n) is 10.2. The van der Waals surface area contributed by atoms with Crippen molar-refractivity contribution in [3.05, 3.63) is 73.4 Å². The molecule has 0 bridgehead atoms. The first-order valence-electron chi connectivity index (χ1n) is 5.56. The molecule has 1 aliphatic heterocycles. The first kappa shape index (κ1) is 13.4. The van der Waals surface area contributed by atoms with Gasteiger partial charge in [0.05, 0.1) is 12.5 Å². The van der Waals surface area contributed by atoms with Gasteiger partial charge in [0.1, 0.15) is 25.0 Å². The summed E-state index contributed by atoms with van der Waals surface area (Å²) in [5.41, 5.74) is 0. The van der Waals surface area contributed by atoms with Gasteiger partial charge in [-0.25, -0.2) is 0 Å². The Morgan fingerprint density at radius 3 is 1.35 bits per heavy atom. The van der Waals surface area contributed by atoms with Crippen molar-refractivity contribution < 1.29 is 27.9 Å². The molecule has 6 nitrogen and oxygen atoms in total. The second-order valence-electron chi connectivity index (χ2n) is 3.43. The molecule has 2 aromatic heterocycles. The van der Waals surface area contributed by atoms with Crippen LogP contribution in [0.5, 0.6) is 0 Å². The van der Waals surface area contributed by atoms with Crippen LogP contribution in [0.2, 0.25) is 0 Å². The van der Waals surface area contributed by atoms with Crippen molar-refractivity contribution in [2.75, 3.05) is 0 Å². The molecule has 1 aliphatic rings. The molecule has 2 aromatic rings. The van der Waals surface area contributed by atoms with E-state index in [1.165, 1.54) is 49.7 Å². The molecule has 0 saturated heterocycles. The summed E-state index contributed by atoms with van der Waals surface area (Å²) in [5, 5.41) is 0. The van der Waals surface area contributed by atoms with Crippen molar-refractivity contribution in [3.8, 4) is 0 Å². The summed E-state index contributed by atoms with van der Waals surface area (Å²) in [6.07, 6.45) is 8.51. The Hall–Kier alpha value is -3.02. The molecule has 0 atom stereocenters. The van der Waals surface area contributed by atoms with Gasteiger partial charge in [-0.05, 0) is 24.3 Å². The largest absolute Gasteiger partial charge is 0.466 e. The molecule has 0 fully saturated rings. The zero-order chi connectivity index (χ0) is 14.2. The quantitative estimate of drug-likeness (QED) is 0.632. The van der Waals surface area contributed by atoms with Crippen LogP contribution in [0.4, 0.5) is 0 Å². The first-order chi connectivity index (χ1) is 9.79. The summed E-state index contributed by atoms with van der Waals surface area (Å²) in [5.74, 6) is -1.37. The Bertz CT molecular complexity index is 540. The van der Waals surface area contributed by atoms with Crippen LogP contribution in [0.3, 0.4) is 0 Å². The van der Waals surface area contributed by atoms with Gasteiger partial charge in [0.2, 0.25) is 0 Å². The van der Waals surface area contributed by atoms with Crippen molar-refractivity contribution in [1.82, 2.24) is 0 Å². The van der Waals surface area contributed by atoms with Crippen LogP contribution in [0, 0.1) is 0 Å². The van der Waals surface area contributed by atoms with Crippen LogP contribution < -0.4 is 0 Å². The lowest BCUT2D eigenvalue weighted by Crippen LogP contribution is -2.12. The number of Topliss-reactive ketones (excluding diaryl/α,β-unsaturated/α-hetero) is 2. The Kier molecular flexibility index (Phi) is 4.55. The highest BCUT2D eigenvalue weighted by Crippen LogP contribution is 2.08. The van der Waals surface area contributed by atoms with Crippen LogP contribution in [0.15, 0.2) is 70.7 Å². The summed E-state index contributed by atoms with van der Waals surface area (Å²) in [7, 11) is 0. The summed E-state index contributed by atoms with van der Waals surface area (Å²) >= 11 is 0. The van der Waals surface area contributed by atoms with E-state index in [-0.39, 0.29) is 11.5 Å². The maximum Gasteiger partial charge on any atom is 0.271 e. The molecule has 0 radical (unpaired) electrons. The van der Waals surface area contributed by atoms with E-state index in [0.717, 1.165) is 0 Å². The molecule has 102 valence electrons. The second-order valence-corrected chi connectivity index (χ2v) is 3.43. The molecule has 0 amide bonds. The third-order valence-electron chi connectivity index (χ3n) is 2.12. The van der Waals surface area contributed by atoms with Crippen LogP contribution in [0.25, 0.3) is 0 Å². The van der Waals surface area contributed by atoms with Crippen molar-refractivity contribution in [2.24, 2.45) is 0 Å². The number of carbonyl (C=O) groups excluding carboxylic acids is 2. The zero-order valence-corrected chi connectivity index (χ0v) is 10.2. The van der Waals surface area contributed by atoms with Gasteiger partial charge >= 0.3 is 0 Å². The fourth-order valence-corrected chi connectivity index (χ4v) is 1.26. The number of hydrogen-bond acceptors (Lipinski definition) is 6. The fourth-order valence-electron chi connectivity index (χ4n) is 1.26. The molecule has 0 N–H and O–H groups in total. The predicted octanol–water partition coefficient (Wildman–Crippen LogP) is 2.91. The number of hydrogen-bond donors (Lipinski definition) is 0. The third-order valence-corrected chi connectivity index (χ3v) is 2.12. The number of furan rings is 2. The Morgan fingerprint density at radius 1 is 0.700 bits per heavy atom. The molecule has 3 rings (SSSR count). The summed E-state index contributed by atoms with van der Waals surface area (Å²) in [4.78, 5) is 22.8. The van der Waals surface area contributed by atoms with Gasteiger partial charge < -0.3 is 18.3 Å². The van der Waals surface area contributed by atoms with Crippen molar-refractivity contribution in [1.29, 1.82) is 0 Å². The van der Waals surface area contributed by atoms with Crippen LogP contribution in [0.1, 0.15) is 21.1 Å². The summed E-state index contributed by atoms with van der Waals surface area (Å²) in [6.45, 7) is 0. The van der Waals surface area contributed by atoms with E-state index in [4.69, 9.17) is 8.83 Å². The monoisotopic (exact) mass is 274 g/mol. The lowest BCUT2D eigenvalue weighted by molar-refractivity contribution is 0.0785. The van der Waals surface area contributed by atoms with E-state index in [1.807, 2.05) is 0 Å². The second kappa shape index (κ2) is 6.79. The average molecular weight is 274 g/mol. The van der Waals surface area contributed by atoms with Crippen molar-refractivity contribution in [3.63, 3.8) is 0 Å². The minimum absolute atomic E-state index is 0.0198. The van der Waals surface area contributed by atoms with Gasteiger partial charge in [-0.1, -0.05) is 0 Å². The number of ketones is 2. The molecule has 0 aromatic carbocycles. The minimum atomic E-state index is -0.704. The maximum atomic E-state index is 11.4. The Labute approximate surface area is 113 Å². The third kappa shape index (κ3) is 3.49. The van der Waals surface area contributed by atoms with Crippen LogP contribution in [-0.2, 0) is 9.47 Å². The van der Waals surface area contributed by atoms with Crippen molar-refractivity contribution >= 4 is 11.6 Å². The van der Waals surface area contributed by atoms with E-state index >= 15 is 0 Å². The highest BCUT2D eigenvalue weighted by molar-refractivity contribution is 6.47. The summed E-state index contributed by atoms with van der Waals surface area (Å²) in [6, 6.07) is 5.96. The minimum Gasteiger partial charge on any atom is -0.466 e. The SMILES string of the molecule is C1=COC=CO1.O=C(C(=O)c1ccco1)c1ccco1. The molecule has 6 heteroatoms. The molecule has 0 saturated carbocycles. The molecule has 0 aliphatic carbocycles. The van der Waals surface area contributed by atoms with Gasteiger partial charge in [0.15, 0.2) is 11.5 Å². The van der Waals surface area contributed by atoms with Gasteiger partial charge in [0, 0.05) is 0 Å².